The van der Waals surface area contributed by atoms with Gasteiger partial charge in [0.25, 0.3) is 5.97 Å². The molecule has 0 bridgehead atoms. The second-order valence-corrected chi connectivity index (χ2v) is 2.82. The van der Waals surface area contributed by atoms with Gasteiger partial charge in [-0.1, -0.05) is 19.8 Å². The number of hydrogen-bond acceptors (Lipinski definition) is 3. The minimum atomic E-state index is -0.833. The summed E-state index contributed by atoms with van der Waals surface area (Å²) in [6, 6.07) is 0. The summed E-state index contributed by atoms with van der Waals surface area (Å²) in [4.78, 5) is 9.00. The molecule has 0 unspecified atom stereocenters. The Bertz CT molecular complexity index is 160. The molecule has 0 aromatic carbocycles. The predicted octanol–water partition coefficient (Wildman–Crippen LogP) is 2.70. The van der Waals surface area contributed by atoms with Crippen molar-refractivity contribution in [3.05, 3.63) is 12.0 Å². The highest BCUT2D eigenvalue weighted by atomic mass is 16.5. The number of aliphatic hydroxyl groups excluding tert-OH is 1. The number of allylic oxidation sites excluding steroid dienone is 1. The van der Waals surface area contributed by atoms with E-state index in [1.54, 1.807) is 0 Å². The molecule has 0 radical (unpaired) electrons. The summed E-state index contributed by atoms with van der Waals surface area (Å²) < 4.78 is 4.62. The lowest BCUT2D eigenvalue weighted by Crippen LogP contribution is -1.83. The Balaban J connectivity index is 0. The van der Waals surface area contributed by atoms with E-state index >= 15 is 0 Å². The van der Waals surface area contributed by atoms with Gasteiger partial charge in [0, 0.05) is 13.3 Å². The standard InChI is InChI=1S/C8H16O2.C2H4O2/c1-3-4-5-6-8(9)7-10-2;1-2(3)4/h7,9H,3-6H2,1-2H3;1H3,(H,3,4). The Morgan fingerprint density at radius 3 is 2.21 bits per heavy atom. The summed E-state index contributed by atoms with van der Waals surface area (Å²) in [5, 5.41) is 16.4. The van der Waals surface area contributed by atoms with Gasteiger partial charge >= 0.3 is 0 Å². The summed E-state index contributed by atoms with van der Waals surface area (Å²) in [5.74, 6) is -0.490. The molecule has 0 heterocycles. The third-order valence-electron chi connectivity index (χ3n) is 1.29. The van der Waals surface area contributed by atoms with Crippen LogP contribution in [0.25, 0.3) is 0 Å². The van der Waals surface area contributed by atoms with Crippen LogP contribution in [0.3, 0.4) is 0 Å². The van der Waals surface area contributed by atoms with Crippen LogP contribution in [0.15, 0.2) is 12.0 Å². The van der Waals surface area contributed by atoms with Crippen LogP contribution in [0.2, 0.25) is 0 Å². The summed E-state index contributed by atoms with van der Waals surface area (Å²) in [7, 11) is 1.54. The van der Waals surface area contributed by atoms with Crippen molar-refractivity contribution < 1.29 is 19.7 Å². The van der Waals surface area contributed by atoms with E-state index < -0.39 is 5.97 Å². The van der Waals surface area contributed by atoms with Gasteiger partial charge in [-0.05, 0) is 6.42 Å². The number of methoxy groups -OCH3 is 1. The van der Waals surface area contributed by atoms with E-state index in [0.29, 0.717) is 5.76 Å². The van der Waals surface area contributed by atoms with Crippen LogP contribution in [0.5, 0.6) is 0 Å². The molecule has 0 aliphatic heterocycles. The first-order chi connectivity index (χ1) is 6.54. The molecular formula is C10H20O4. The van der Waals surface area contributed by atoms with Crippen LogP contribution in [0.4, 0.5) is 0 Å². The number of carboxylic acid groups (broad SMARTS) is 1. The first-order valence-electron chi connectivity index (χ1n) is 4.64. The van der Waals surface area contributed by atoms with Crippen molar-refractivity contribution in [3.63, 3.8) is 0 Å². The molecule has 14 heavy (non-hydrogen) atoms. The lowest BCUT2D eigenvalue weighted by molar-refractivity contribution is -0.134. The quantitative estimate of drug-likeness (QED) is 0.533. The lowest BCUT2D eigenvalue weighted by atomic mass is 10.2. The summed E-state index contributed by atoms with van der Waals surface area (Å²) in [6.07, 6.45) is 5.52. The van der Waals surface area contributed by atoms with Gasteiger partial charge in [0.2, 0.25) is 0 Å². The fourth-order valence-corrected chi connectivity index (χ4v) is 0.751. The molecule has 4 heteroatoms. The molecule has 0 aliphatic carbocycles. The second kappa shape index (κ2) is 11.8. The fourth-order valence-electron chi connectivity index (χ4n) is 0.751. The smallest absolute Gasteiger partial charge is 0.300 e. The van der Waals surface area contributed by atoms with Gasteiger partial charge in [-0.3, -0.25) is 4.79 Å². The predicted molar refractivity (Wildman–Crippen MR) is 55.2 cm³/mol. The highest BCUT2D eigenvalue weighted by molar-refractivity contribution is 5.62. The van der Waals surface area contributed by atoms with Gasteiger partial charge in [0.1, 0.15) is 12.0 Å². The SMILES string of the molecule is CC(=O)O.CCCCCC(O)=COC. The molecule has 4 nitrogen and oxygen atoms in total. The number of ether oxygens (including phenoxy) is 1. The Hall–Kier alpha value is -1.19. The van der Waals surface area contributed by atoms with Crippen LogP contribution in [-0.2, 0) is 9.53 Å². The first kappa shape index (κ1) is 15.3. The normalized spacial score (nSPS) is 10.1. The molecule has 0 amide bonds. The average Bonchev–Trinajstić information content (AvgIpc) is 2.04. The van der Waals surface area contributed by atoms with E-state index in [9.17, 15) is 0 Å². The molecule has 0 aliphatic rings. The van der Waals surface area contributed by atoms with Crippen molar-refractivity contribution in [1.29, 1.82) is 0 Å². The zero-order valence-electron chi connectivity index (χ0n) is 9.12. The molecule has 0 saturated carbocycles. The maximum Gasteiger partial charge on any atom is 0.300 e. The molecule has 0 aromatic rings. The van der Waals surface area contributed by atoms with E-state index in [2.05, 4.69) is 11.7 Å². The van der Waals surface area contributed by atoms with Gasteiger partial charge in [-0.15, -0.1) is 0 Å². The van der Waals surface area contributed by atoms with Gasteiger partial charge in [0.05, 0.1) is 7.11 Å². The maximum atomic E-state index is 9.01. The molecule has 0 fully saturated rings. The largest absolute Gasteiger partial charge is 0.509 e. The fraction of sp³-hybridized carbons (Fsp3) is 0.700. The number of unbranched alkanes of at least 4 members (excludes halogenated alkanes) is 2. The van der Waals surface area contributed by atoms with Crippen LogP contribution in [0, 0.1) is 0 Å². The zero-order chi connectivity index (χ0) is 11.4. The Labute approximate surface area is 85.2 Å². The summed E-state index contributed by atoms with van der Waals surface area (Å²) in [6.45, 7) is 3.22. The lowest BCUT2D eigenvalue weighted by Gasteiger charge is -1.97. The molecule has 0 atom stereocenters. The number of rotatable bonds is 5. The molecule has 0 rings (SSSR count). The maximum absolute atomic E-state index is 9.01. The Morgan fingerprint density at radius 1 is 1.36 bits per heavy atom. The minimum absolute atomic E-state index is 0.343. The average molecular weight is 204 g/mol. The van der Waals surface area contributed by atoms with Crippen LogP contribution >= 0.6 is 0 Å². The summed E-state index contributed by atoms with van der Waals surface area (Å²) in [5.41, 5.74) is 0. The van der Waals surface area contributed by atoms with Crippen LogP contribution in [-0.4, -0.2) is 23.3 Å². The van der Waals surface area contributed by atoms with E-state index in [1.807, 2.05) is 0 Å². The van der Waals surface area contributed by atoms with Crippen molar-refractivity contribution >= 4 is 5.97 Å². The van der Waals surface area contributed by atoms with Gasteiger partial charge < -0.3 is 14.9 Å². The topological polar surface area (TPSA) is 66.8 Å². The minimum Gasteiger partial charge on any atom is -0.509 e. The van der Waals surface area contributed by atoms with E-state index in [1.165, 1.54) is 26.2 Å². The van der Waals surface area contributed by atoms with Crippen molar-refractivity contribution in [2.75, 3.05) is 7.11 Å². The highest BCUT2D eigenvalue weighted by Crippen LogP contribution is 2.05. The molecule has 0 aromatic heterocycles. The number of hydrogen-bond donors (Lipinski definition) is 2. The number of carbonyl (C=O) groups is 1. The Morgan fingerprint density at radius 2 is 1.86 bits per heavy atom. The highest BCUT2D eigenvalue weighted by Gasteiger charge is 1.91. The molecule has 0 spiro atoms. The number of aliphatic hydroxyl groups is 1. The van der Waals surface area contributed by atoms with Crippen LogP contribution in [0.1, 0.15) is 39.5 Å². The van der Waals surface area contributed by atoms with E-state index in [4.69, 9.17) is 15.0 Å². The van der Waals surface area contributed by atoms with Crippen LogP contribution < -0.4 is 0 Å². The van der Waals surface area contributed by atoms with E-state index in [0.717, 1.165) is 19.8 Å². The Kier molecular flexibility index (Phi) is 12.9. The molecular weight excluding hydrogens is 184 g/mol. The third-order valence-corrected chi connectivity index (χ3v) is 1.29. The van der Waals surface area contributed by atoms with Gasteiger partial charge in [-0.25, -0.2) is 0 Å². The van der Waals surface area contributed by atoms with Gasteiger partial charge in [-0.2, -0.15) is 0 Å². The van der Waals surface area contributed by atoms with Crippen molar-refractivity contribution in [3.8, 4) is 0 Å². The zero-order valence-corrected chi connectivity index (χ0v) is 9.12. The molecule has 2 N–H and O–H groups in total. The second-order valence-electron chi connectivity index (χ2n) is 2.82. The number of carboxylic acids is 1. The molecule has 84 valence electrons. The van der Waals surface area contributed by atoms with E-state index in [-0.39, 0.29) is 0 Å². The number of aliphatic carboxylic acids is 1. The van der Waals surface area contributed by atoms with Gasteiger partial charge in [0.15, 0.2) is 0 Å². The third kappa shape index (κ3) is 22.4. The van der Waals surface area contributed by atoms with Crippen molar-refractivity contribution in [2.45, 2.75) is 39.5 Å². The van der Waals surface area contributed by atoms with Crippen molar-refractivity contribution in [2.24, 2.45) is 0 Å². The van der Waals surface area contributed by atoms with Crippen molar-refractivity contribution in [1.82, 2.24) is 0 Å². The monoisotopic (exact) mass is 204 g/mol. The summed E-state index contributed by atoms with van der Waals surface area (Å²) >= 11 is 0. The first-order valence-corrected chi connectivity index (χ1v) is 4.64. The molecule has 0 saturated heterocycles.